The van der Waals surface area contributed by atoms with E-state index in [4.69, 9.17) is 13.3 Å². The second-order valence-electron chi connectivity index (χ2n) is 3.68. The van der Waals surface area contributed by atoms with Crippen LogP contribution in [0, 0.1) is 0 Å². The minimum absolute atomic E-state index is 0.754. The Bertz CT molecular complexity index is 132. The van der Waals surface area contributed by atoms with Crippen LogP contribution in [0.25, 0.3) is 0 Å². The number of unbranched alkanes of at least 4 members (excludes halogenated alkanes) is 3. The molecule has 0 saturated heterocycles. The molecule has 0 N–H and O–H groups in total. The Morgan fingerprint density at radius 1 is 1.00 bits per heavy atom. The lowest BCUT2D eigenvalue weighted by atomic mass is 10.2. The minimum atomic E-state index is -2.26. The number of hydrogen-bond donors (Lipinski definition) is 0. The lowest BCUT2D eigenvalue weighted by Gasteiger charge is -2.21. The predicted octanol–water partition coefficient (Wildman–Crippen LogP) is 3.37. The minimum Gasteiger partial charge on any atom is -0.377 e. The molecule has 0 aliphatic heterocycles. The summed E-state index contributed by atoms with van der Waals surface area (Å²) in [6, 6.07) is 0. The Kier molecular flexibility index (Phi) is 16.0. The summed E-state index contributed by atoms with van der Waals surface area (Å²) in [4.78, 5) is 0. The van der Waals surface area contributed by atoms with Crippen molar-refractivity contribution in [2.45, 2.75) is 39.2 Å². The van der Waals surface area contributed by atoms with Crippen molar-refractivity contribution in [2.75, 3.05) is 34.2 Å². The van der Waals surface area contributed by atoms with Crippen LogP contribution in [0.15, 0.2) is 0 Å². The molecule has 0 aliphatic rings. The van der Waals surface area contributed by atoms with E-state index in [9.17, 15) is 0 Å². The van der Waals surface area contributed by atoms with Crippen molar-refractivity contribution in [3.05, 3.63) is 0 Å². The van der Waals surface area contributed by atoms with Gasteiger partial charge >= 0.3 is 8.80 Å². The standard InChI is InChI=1S/C9H22O3Si.C2H7P/c1-5-6-7-8-9-12-13(4,10-2)11-3;1-3-2/h5-9H2,1-4H3;3H,1-2H3. The zero-order valence-electron chi connectivity index (χ0n) is 11.8. The summed E-state index contributed by atoms with van der Waals surface area (Å²) in [5.41, 5.74) is 0. The average molecular weight is 268 g/mol. The zero-order valence-corrected chi connectivity index (χ0v) is 13.8. The highest BCUT2D eigenvalue weighted by Gasteiger charge is 2.31. The lowest BCUT2D eigenvalue weighted by Crippen LogP contribution is -2.40. The van der Waals surface area contributed by atoms with Gasteiger partial charge in [-0.15, -0.1) is 8.58 Å². The Morgan fingerprint density at radius 3 is 1.88 bits per heavy atom. The van der Waals surface area contributed by atoms with Crippen LogP contribution in [0.1, 0.15) is 32.6 Å². The number of rotatable bonds is 8. The van der Waals surface area contributed by atoms with E-state index in [1.807, 2.05) is 6.55 Å². The van der Waals surface area contributed by atoms with Gasteiger partial charge in [0.1, 0.15) is 0 Å². The first-order valence-electron chi connectivity index (χ1n) is 5.92. The maximum Gasteiger partial charge on any atom is 0.497 e. The van der Waals surface area contributed by atoms with Gasteiger partial charge in [0.25, 0.3) is 0 Å². The molecule has 0 aromatic carbocycles. The van der Waals surface area contributed by atoms with Crippen molar-refractivity contribution in [3.63, 3.8) is 0 Å². The van der Waals surface area contributed by atoms with Gasteiger partial charge in [-0.2, -0.15) is 0 Å². The number of hydrogen-bond acceptors (Lipinski definition) is 3. The van der Waals surface area contributed by atoms with Crippen molar-refractivity contribution in [1.82, 2.24) is 0 Å². The highest BCUT2D eigenvalue weighted by molar-refractivity contribution is 7.35. The lowest BCUT2D eigenvalue weighted by molar-refractivity contribution is 0.104. The third kappa shape index (κ3) is 12.6. The average Bonchev–Trinajstić information content (AvgIpc) is 2.29. The fraction of sp³-hybridized carbons (Fsp3) is 1.00. The quantitative estimate of drug-likeness (QED) is 0.384. The van der Waals surface area contributed by atoms with E-state index in [2.05, 4.69) is 20.3 Å². The fourth-order valence-corrected chi connectivity index (χ4v) is 1.91. The molecule has 0 amide bonds. The molecule has 3 nitrogen and oxygen atoms in total. The van der Waals surface area contributed by atoms with E-state index in [0.717, 1.165) is 21.6 Å². The van der Waals surface area contributed by atoms with Crippen LogP contribution < -0.4 is 0 Å². The van der Waals surface area contributed by atoms with Crippen LogP contribution in [-0.4, -0.2) is 43.0 Å². The molecule has 0 fully saturated rings. The third-order valence-corrected chi connectivity index (χ3v) is 4.32. The molecule has 0 aliphatic carbocycles. The summed E-state index contributed by atoms with van der Waals surface area (Å²) in [5, 5.41) is 0. The Balaban J connectivity index is 0. The fourth-order valence-electron chi connectivity index (χ4n) is 0.988. The van der Waals surface area contributed by atoms with Crippen LogP contribution in [0.3, 0.4) is 0 Å². The Labute approximate surface area is 104 Å². The van der Waals surface area contributed by atoms with Crippen LogP contribution in [0.4, 0.5) is 0 Å². The smallest absolute Gasteiger partial charge is 0.377 e. The van der Waals surface area contributed by atoms with Gasteiger partial charge in [-0.3, -0.25) is 0 Å². The molecular formula is C11H29O3PSi. The van der Waals surface area contributed by atoms with E-state index in [1.165, 1.54) is 19.3 Å². The molecule has 100 valence electrons. The monoisotopic (exact) mass is 268 g/mol. The van der Waals surface area contributed by atoms with Crippen molar-refractivity contribution in [3.8, 4) is 0 Å². The van der Waals surface area contributed by atoms with Crippen molar-refractivity contribution < 1.29 is 13.3 Å². The van der Waals surface area contributed by atoms with E-state index < -0.39 is 8.80 Å². The highest BCUT2D eigenvalue weighted by atomic mass is 31.1. The van der Waals surface area contributed by atoms with E-state index in [1.54, 1.807) is 14.2 Å². The summed E-state index contributed by atoms with van der Waals surface area (Å²) >= 11 is 0. The molecule has 0 aromatic rings. The summed E-state index contributed by atoms with van der Waals surface area (Å²) < 4.78 is 15.9. The van der Waals surface area contributed by atoms with Crippen LogP contribution >= 0.6 is 8.58 Å². The first-order valence-corrected chi connectivity index (χ1v) is 10.1. The molecule has 0 unspecified atom stereocenters. The maximum atomic E-state index is 5.57. The second kappa shape index (κ2) is 13.6. The molecule has 16 heavy (non-hydrogen) atoms. The first-order chi connectivity index (χ1) is 7.60. The summed E-state index contributed by atoms with van der Waals surface area (Å²) in [6.07, 6.45) is 4.86. The van der Waals surface area contributed by atoms with Gasteiger partial charge in [-0.25, -0.2) is 0 Å². The second-order valence-corrected chi connectivity index (χ2v) is 7.51. The predicted molar refractivity (Wildman–Crippen MR) is 75.9 cm³/mol. The maximum absolute atomic E-state index is 5.57. The van der Waals surface area contributed by atoms with Crippen LogP contribution in [0.5, 0.6) is 0 Å². The summed E-state index contributed by atoms with van der Waals surface area (Å²) in [6.45, 7) is 9.17. The molecule has 0 spiro atoms. The van der Waals surface area contributed by atoms with Crippen molar-refractivity contribution >= 4 is 17.4 Å². The molecule has 0 rings (SSSR count). The molecule has 0 bridgehead atoms. The largest absolute Gasteiger partial charge is 0.497 e. The molecule has 5 heteroatoms. The van der Waals surface area contributed by atoms with E-state index in [0.29, 0.717) is 0 Å². The normalized spacial score (nSPS) is 10.9. The molecule has 0 aromatic heterocycles. The van der Waals surface area contributed by atoms with Gasteiger partial charge in [0.15, 0.2) is 0 Å². The van der Waals surface area contributed by atoms with Gasteiger partial charge in [0.2, 0.25) is 0 Å². The van der Waals surface area contributed by atoms with Gasteiger partial charge < -0.3 is 13.3 Å². The molecule has 0 radical (unpaired) electrons. The molecule has 0 saturated carbocycles. The topological polar surface area (TPSA) is 27.7 Å². The van der Waals surface area contributed by atoms with Crippen LogP contribution in [-0.2, 0) is 13.3 Å². The Morgan fingerprint density at radius 2 is 1.50 bits per heavy atom. The van der Waals surface area contributed by atoms with Crippen molar-refractivity contribution in [1.29, 1.82) is 0 Å². The van der Waals surface area contributed by atoms with E-state index in [-0.39, 0.29) is 0 Å². The van der Waals surface area contributed by atoms with Gasteiger partial charge in [0.05, 0.1) is 0 Å². The molecule has 0 heterocycles. The van der Waals surface area contributed by atoms with Crippen molar-refractivity contribution in [2.24, 2.45) is 0 Å². The van der Waals surface area contributed by atoms with E-state index >= 15 is 0 Å². The Hall–Kier alpha value is 0.527. The molecule has 0 atom stereocenters. The zero-order chi connectivity index (χ0) is 12.9. The SMILES string of the molecule is CCCCCCO[Si](C)(OC)OC.CPC. The first kappa shape index (κ1) is 18.9. The van der Waals surface area contributed by atoms with Gasteiger partial charge in [-0.1, -0.05) is 26.2 Å². The third-order valence-electron chi connectivity index (χ3n) is 2.10. The summed E-state index contributed by atoms with van der Waals surface area (Å²) in [5.74, 6) is 0. The highest BCUT2D eigenvalue weighted by Crippen LogP contribution is 2.08. The van der Waals surface area contributed by atoms with Crippen LogP contribution in [0.2, 0.25) is 6.55 Å². The van der Waals surface area contributed by atoms with Gasteiger partial charge in [-0.05, 0) is 19.8 Å². The molecular weight excluding hydrogens is 239 g/mol. The summed E-state index contributed by atoms with van der Waals surface area (Å²) in [7, 11) is 2.11. The van der Waals surface area contributed by atoms with Gasteiger partial charge in [0, 0.05) is 27.4 Å².